The summed E-state index contributed by atoms with van der Waals surface area (Å²) in [5, 5.41) is 0. The van der Waals surface area contributed by atoms with Gasteiger partial charge in [-0.25, -0.2) is 0 Å². The Kier molecular flexibility index (Phi) is 8.77. The van der Waals surface area contributed by atoms with Gasteiger partial charge >= 0.3 is 0 Å². The summed E-state index contributed by atoms with van der Waals surface area (Å²) in [6, 6.07) is 9.49. The second kappa shape index (κ2) is 11.7. The second-order valence-corrected chi connectivity index (χ2v) is 8.30. The van der Waals surface area contributed by atoms with Crippen LogP contribution in [-0.2, 0) is 27.3 Å². The van der Waals surface area contributed by atoms with Gasteiger partial charge in [0, 0.05) is 26.6 Å². The lowest BCUT2D eigenvalue weighted by Gasteiger charge is -2.28. The molecule has 1 unspecified atom stereocenters. The number of ether oxygens (including phenoxy) is 3. The monoisotopic (exact) mass is 458 g/mol. The first kappa shape index (κ1) is 24.6. The van der Waals surface area contributed by atoms with E-state index in [1.54, 1.807) is 24.0 Å². The minimum atomic E-state index is -0.132. The third-order valence-electron chi connectivity index (χ3n) is 5.83. The van der Waals surface area contributed by atoms with Crippen molar-refractivity contribution < 1.29 is 28.2 Å². The van der Waals surface area contributed by atoms with Gasteiger partial charge in [0.05, 0.1) is 33.4 Å². The van der Waals surface area contributed by atoms with Crippen LogP contribution in [0.15, 0.2) is 34.7 Å². The number of amides is 2. The summed E-state index contributed by atoms with van der Waals surface area (Å²) in [5.74, 6) is 2.55. The normalized spacial score (nSPS) is 15.3. The minimum Gasteiger partial charge on any atom is -0.493 e. The van der Waals surface area contributed by atoms with Crippen LogP contribution in [0.4, 0.5) is 0 Å². The largest absolute Gasteiger partial charge is 0.493 e. The lowest BCUT2D eigenvalue weighted by molar-refractivity contribution is -0.141. The molecule has 1 aliphatic rings. The van der Waals surface area contributed by atoms with Crippen LogP contribution in [0.3, 0.4) is 0 Å². The minimum absolute atomic E-state index is 0.00497. The molecule has 3 rings (SSSR count). The van der Waals surface area contributed by atoms with Gasteiger partial charge in [-0.2, -0.15) is 0 Å². The number of benzene rings is 1. The highest BCUT2D eigenvalue weighted by Gasteiger charge is 2.25. The third-order valence-corrected chi connectivity index (χ3v) is 5.83. The Morgan fingerprint density at radius 3 is 2.48 bits per heavy atom. The summed E-state index contributed by atoms with van der Waals surface area (Å²) in [5.41, 5.74) is 1.02. The van der Waals surface area contributed by atoms with Crippen molar-refractivity contribution in [2.24, 2.45) is 0 Å². The molecule has 0 radical (unpaired) electrons. The molecule has 2 heterocycles. The lowest BCUT2D eigenvalue weighted by Crippen LogP contribution is -2.45. The molecule has 1 aliphatic heterocycles. The first-order valence-electron chi connectivity index (χ1n) is 11.3. The maximum atomic E-state index is 13.3. The first-order valence-corrected chi connectivity index (χ1v) is 11.3. The SMILES string of the molecule is COc1ccc(CCN(Cc2ccc(C)o2)C(=O)CN(CC2CCCO2)C(C)=O)cc1OC. The van der Waals surface area contributed by atoms with Gasteiger partial charge in [0.25, 0.3) is 0 Å². The van der Waals surface area contributed by atoms with E-state index < -0.39 is 0 Å². The Morgan fingerprint density at radius 2 is 1.88 bits per heavy atom. The van der Waals surface area contributed by atoms with Gasteiger partial charge in [-0.05, 0) is 56.0 Å². The number of carbonyl (C=O) groups excluding carboxylic acids is 2. The predicted octanol–water partition coefficient (Wildman–Crippen LogP) is 3.20. The number of hydrogen-bond donors (Lipinski definition) is 0. The molecule has 33 heavy (non-hydrogen) atoms. The van der Waals surface area contributed by atoms with Crippen molar-refractivity contribution in [1.29, 1.82) is 0 Å². The fraction of sp³-hybridized carbons (Fsp3) is 0.520. The summed E-state index contributed by atoms with van der Waals surface area (Å²) in [7, 11) is 3.20. The van der Waals surface area contributed by atoms with Gasteiger partial charge in [0.1, 0.15) is 11.5 Å². The fourth-order valence-corrected chi connectivity index (χ4v) is 3.95. The fourth-order valence-electron chi connectivity index (χ4n) is 3.95. The zero-order valence-corrected chi connectivity index (χ0v) is 20.0. The van der Waals surface area contributed by atoms with Gasteiger partial charge in [-0.15, -0.1) is 0 Å². The van der Waals surface area contributed by atoms with E-state index in [1.807, 2.05) is 37.3 Å². The van der Waals surface area contributed by atoms with E-state index in [0.29, 0.717) is 49.9 Å². The summed E-state index contributed by atoms with van der Waals surface area (Å²) >= 11 is 0. The predicted molar refractivity (Wildman–Crippen MR) is 123 cm³/mol. The molecular weight excluding hydrogens is 424 g/mol. The Hall–Kier alpha value is -3.00. The van der Waals surface area contributed by atoms with Gasteiger partial charge < -0.3 is 28.4 Å². The van der Waals surface area contributed by atoms with Crippen LogP contribution in [0.1, 0.15) is 36.8 Å². The second-order valence-electron chi connectivity index (χ2n) is 8.30. The number of methoxy groups -OCH3 is 2. The molecule has 1 fully saturated rings. The van der Waals surface area contributed by atoms with Crippen molar-refractivity contribution in [2.75, 3.05) is 40.5 Å². The summed E-state index contributed by atoms with van der Waals surface area (Å²) < 4.78 is 22.1. The summed E-state index contributed by atoms with van der Waals surface area (Å²) in [6.45, 7) is 5.33. The van der Waals surface area contributed by atoms with Gasteiger partial charge in [0.15, 0.2) is 11.5 Å². The van der Waals surface area contributed by atoms with E-state index in [2.05, 4.69) is 0 Å². The first-order chi connectivity index (χ1) is 15.9. The number of nitrogens with zero attached hydrogens (tertiary/aromatic N) is 2. The Morgan fingerprint density at radius 1 is 1.09 bits per heavy atom. The van der Waals surface area contributed by atoms with Crippen LogP contribution in [0.2, 0.25) is 0 Å². The molecule has 0 bridgehead atoms. The molecular formula is C25H34N2O6. The van der Waals surface area contributed by atoms with Crippen molar-refractivity contribution in [3.8, 4) is 11.5 Å². The van der Waals surface area contributed by atoms with Crippen LogP contribution < -0.4 is 9.47 Å². The smallest absolute Gasteiger partial charge is 0.242 e. The van der Waals surface area contributed by atoms with Crippen LogP contribution in [0, 0.1) is 6.92 Å². The highest BCUT2D eigenvalue weighted by molar-refractivity contribution is 5.83. The molecule has 1 aromatic carbocycles. The number of furan rings is 1. The summed E-state index contributed by atoms with van der Waals surface area (Å²) in [4.78, 5) is 28.8. The Labute approximate surface area is 195 Å². The van der Waals surface area contributed by atoms with Gasteiger partial charge in [-0.1, -0.05) is 6.07 Å². The quantitative estimate of drug-likeness (QED) is 0.514. The number of aryl methyl sites for hydroxylation is 1. The van der Waals surface area contributed by atoms with E-state index >= 15 is 0 Å². The van der Waals surface area contributed by atoms with E-state index in [0.717, 1.165) is 24.2 Å². The molecule has 1 saturated heterocycles. The lowest BCUT2D eigenvalue weighted by atomic mass is 10.1. The molecule has 1 aromatic heterocycles. The van der Waals surface area contributed by atoms with Crippen molar-refractivity contribution in [3.05, 3.63) is 47.4 Å². The molecule has 0 aliphatic carbocycles. The topological polar surface area (TPSA) is 81.5 Å². The molecule has 2 aromatic rings. The molecule has 8 nitrogen and oxygen atoms in total. The Bertz CT molecular complexity index is 935. The standard InChI is InChI=1S/C25H34N2O6/c1-18-7-9-22(33-18)16-26(12-11-20-8-10-23(30-3)24(14-20)31-4)25(29)17-27(19(2)28)15-21-6-5-13-32-21/h7-10,14,21H,5-6,11-13,15-17H2,1-4H3. The van der Waals surface area contributed by atoms with Crippen molar-refractivity contribution >= 4 is 11.8 Å². The highest BCUT2D eigenvalue weighted by Crippen LogP contribution is 2.28. The van der Waals surface area contributed by atoms with Crippen LogP contribution >= 0.6 is 0 Å². The molecule has 8 heteroatoms. The van der Waals surface area contributed by atoms with E-state index in [4.69, 9.17) is 18.6 Å². The van der Waals surface area contributed by atoms with Gasteiger partial charge in [0.2, 0.25) is 11.8 Å². The summed E-state index contributed by atoms with van der Waals surface area (Å²) in [6.07, 6.45) is 2.51. The van der Waals surface area contributed by atoms with Crippen LogP contribution in [0.25, 0.3) is 0 Å². The van der Waals surface area contributed by atoms with Crippen LogP contribution in [-0.4, -0.2) is 68.2 Å². The van der Waals surface area contributed by atoms with E-state index in [1.165, 1.54) is 6.92 Å². The van der Waals surface area contributed by atoms with E-state index in [-0.39, 0.29) is 24.5 Å². The molecule has 0 saturated carbocycles. The van der Waals surface area contributed by atoms with Crippen molar-refractivity contribution in [1.82, 2.24) is 9.80 Å². The third kappa shape index (κ3) is 6.99. The average Bonchev–Trinajstić information content (AvgIpc) is 3.47. The number of carbonyl (C=O) groups is 2. The zero-order valence-electron chi connectivity index (χ0n) is 20.0. The van der Waals surface area contributed by atoms with Crippen LogP contribution in [0.5, 0.6) is 11.5 Å². The number of hydrogen-bond acceptors (Lipinski definition) is 6. The van der Waals surface area contributed by atoms with Crippen molar-refractivity contribution in [3.63, 3.8) is 0 Å². The Balaban J connectivity index is 1.71. The zero-order chi connectivity index (χ0) is 23.8. The van der Waals surface area contributed by atoms with E-state index in [9.17, 15) is 9.59 Å². The molecule has 0 spiro atoms. The maximum Gasteiger partial charge on any atom is 0.242 e. The molecule has 0 N–H and O–H groups in total. The average molecular weight is 459 g/mol. The maximum absolute atomic E-state index is 13.3. The molecule has 2 amide bonds. The number of rotatable bonds is 11. The van der Waals surface area contributed by atoms with Crippen molar-refractivity contribution in [2.45, 2.75) is 45.8 Å². The molecule has 1 atom stereocenters. The highest BCUT2D eigenvalue weighted by atomic mass is 16.5. The van der Waals surface area contributed by atoms with Gasteiger partial charge in [-0.3, -0.25) is 9.59 Å². The molecule has 180 valence electrons.